The Morgan fingerprint density at radius 3 is 2.75 bits per heavy atom. The predicted octanol–water partition coefficient (Wildman–Crippen LogP) is 2.33. The van der Waals surface area contributed by atoms with Crippen molar-refractivity contribution in [1.82, 2.24) is 4.90 Å². The SMILES string of the molecule is CC(C)C1CCC(=O)C(CN2CC3CCC(O)C3C2)C1. The summed E-state index contributed by atoms with van der Waals surface area (Å²) >= 11 is 0. The van der Waals surface area contributed by atoms with Crippen molar-refractivity contribution in [3.8, 4) is 0 Å². The first-order valence-electron chi connectivity index (χ1n) is 8.47. The quantitative estimate of drug-likeness (QED) is 0.862. The van der Waals surface area contributed by atoms with Crippen LogP contribution in [0.15, 0.2) is 0 Å². The fourth-order valence-corrected chi connectivity index (χ4v) is 4.72. The van der Waals surface area contributed by atoms with Gasteiger partial charge in [-0.2, -0.15) is 0 Å². The van der Waals surface area contributed by atoms with Gasteiger partial charge in [0.2, 0.25) is 0 Å². The van der Waals surface area contributed by atoms with Crippen LogP contribution < -0.4 is 0 Å². The van der Waals surface area contributed by atoms with E-state index in [-0.39, 0.29) is 12.0 Å². The van der Waals surface area contributed by atoms with Gasteiger partial charge in [0.05, 0.1) is 6.10 Å². The molecule has 5 unspecified atom stereocenters. The molecule has 0 aromatic rings. The van der Waals surface area contributed by atoms with Crippen LogP contribution in [0.5, 0.6) is 0 Å². The van der Waals surface area contributed by atoms with Crippen LogP contribution in [0.2, 0.25) is 0 Å². The van der Waals surface area contributed by atoms with E-state index >= 15 is 0 Å². The lowest BCUT2D eigenvalue weighted by Gasteiger charge is -2.33. The van der Waals surface area contributed by atoms with Gasteiger partial charge < -0.3 is 10.0 Å². The summed E-state index contributed by atoms with van der Waals surface area (Å²) < 4.78 is 0. The molecule has 3 aliphatic rings. The van der Waals surface area contributed by atoms with Gasteiger partial charge >= 0.3 is 0 Å². The number of nitrogens with zero attached hydrogens (tertiary/aromatic N) is 1. The monoisotopic (exact) mass is 279 g/mol. The normalized spacial score (nSPS) is 42.4. The van der Waals surface area contributed by atoms with Crippen LogP contribution in [0, 0.1) is 29.6 Å². The Morgan fingerprint density at radius 2 is 2.05 bits per heavy atom. The van der Waals surface area contributed by atoms with Gasteiger partial charge in [-0.15, -0.1) is 0 Å². The molecule has 1 saturated heterocycles. The van der Waals surface area contributed by atoms with Crippen LogP contribution in [0.4, 0.5) is 0 Å². The van der Waals surface area contributed by atoms with Gasteiger partial charge in [0.1, 0.15) is 5.78 Å². The molecule has 114 valence electrons. The Hall–Kier alpha value is -0.410. The third-order valence-electron chi connectivity index (χ3n) is 6.12. The molecule has 3 heteroatoms. The molecule has 0 spiro atoms. The van der Waals surface area contributed by atoms with Crippen LogP contribution in [-0.2, 0) is 4.79 Å². The molecule has 5 atom stereocenters. The number of carbonyl (C=O) groups excluding carboxylic acids is 1. The minimum Gasteiger partial charge on any atom is -0.393 e. The molecule has 0 radical (unpaired) electrons. The molecule has 20 heavy (non-hydrogen) atoms. The first-order chi connectivity index (χ1) is 9.54. The third kappa shape index (κ3) is 2.80. The summed E-state index contributed by atoms with van der Waals surface area (Å²) in [4.78, 5) is 14.6. The first kappa shape index (κ1) is 14.5. The number of aliphatic hydroxyl groups is 1. The molecule has 2 saturated carbocycles. The van der Waals surface area contributed by atoms with Gasteiger partial charge in [0.15, 0.2) is 0 Å². The van der Waals surface area contributed by atoms with Crippen molar-refractivity contribution in [3.63, 3.8) is 0 Å². The molecular weight excluding hydrogens is 250 g/mol. The molecule has 3 nitrogen and oxygen atoms in total. The van der Waals surface area contributed by atoms with Crippen molar-refractivity contribution in [2.75, 3.05) is 19.6 Å². The van der Waals surface area contributed by atoms with Crippen molar-refractivity contribution in [1.29, 1.82) is 0 Å². The number of likely N-dealkylation sites (tertiary alicyclic amines) is 1. The molecule has 0 bridgehead atoms. The number of carbonyl (C=O) groups is 1. The summed E-state index contributed by atoms with van der Waals surface area (Å²) in [6.45, 7) is 7.64. The van der Waals surface area contributed by atoms with Crippen molar-refractivity contribution < 1.29 is 9.90 Å². The zero-order chi connectivity index (χ0) is 14.3. The van der Waals surface area contributed by atoms with E-state index in [2.05, 4.69) is 18.7 Å². The second-order valence-electron chi connectivity index (χ2n) is 7.73. The van der Waals surface area contributed by atoms with E-state index in [9.17, 15) is 9.90 Å². The van der Waals surface area contributed by atoms with Crippen molar-refractivity contribution in [2.24, 2.45) is 29.6 Å². The van der Waals surface area contributed by atoms with Gasteiger partial charge in [-0.05, 0) is 43.4 Å². The van der Waals surface area contributed by atoms with E-state index < -0.39 is 0 Å². The van der Waals surface area contributed by atoms with E-state index in [4.69, 9.17) is 0 Å². The highest BCUT2D eigenvalue weighted by Crippen LogP contribution is 2.39. The lowest BCUT2D eigenvalue weighted by atomic mass is 9.75. The Balaban J connectivity index is 1.56. The largest absolute Gasteiger partial charge is 0.393 e. The molecule has 2 aliphatic carbocycles. The number of ketones is 1. The van der Waals surface area contributed by atoms with Crippen LogP contribution >= 0.6 is 0 Å². The summed E-state index contributed by atoms with van der Waals surface area (Å²) in [5, 5.41) is 10.00. The number of fused-ring (bicyclic) bond motifs is 1. The maximum atomic E-state index is 12.2. The first-order valence-corrected chi connectivity index (χ1v) is 8.47. The number of aliphatic hydroxyl groups excluding tert-OH is 1. The summed E-state index contributed by atoms with van der Waals surface area (Å²) in [7, 11) is 0. The molecular formula is C17H29NO2. The smallest absolute Gasteiger partial charge is 0.137 e. The number of hydrogen-bond donors (Lipinski definition) is 1. The Kier molecular flexibility index (Phi) is 4.19. The zero-order valence-corrected chi connectivity index (χ0v) is 12.9. The highest BCUT2D eigenvalue weighted by atomic mass is 16.3. The molecule has 3 fully saturated rings. The van der Waals surface area contributed by atoms with E-state index in [0.29, 0.717) is 23.5 Å². The van der Waals surface area contributed by atoms with Crippen LogP contribution in [0.1, 0.15) is 46.0 Å². The average Bonchev–Trinajstić information content (AvgIpc) is 2.94. The van der Waals surface area contributed by atoms with Gasteiger partial charge in [0.25, 0.3) is 0 Å². The molecule has 0 aromatic heterocycles. The van der Waals surface area contributed by atoms with E-state index in [1.807, 2.05) is 0 Å². The zero-order valence-electron chi connectivity index (χ0n) is 12.9. The van der Waals surface area contributed by atoms with E-state index in [1.54, 1.807) is 0 Å². The van der Waals surface area contributed by atoms with Gasteiger partial charge in [0, 0.05) is 37.9 Å². The van der Waals surface area contributed by atoms with E-state index in [1.165, 1.54) is 6.42 Å². The summed E-state index contributed by atoms with van der Waals surface area (Å²) in [6.07, 6.45) is 5.05. The van der Waals surface area contributed by atoms with Gasteiger partial charge in [-0.1, -0.05) is 13.8 Å². The summed E-state index contributed by atoms with van der Waals surface area (Å²) in [5.41, 5.74) is 0. The minimum absolute atomic E-state index is 0.0875. The number of Topliss-reactive ketones (excluding diaryl/α,β-unsaturated/α-hetero) is 1. The van der Waals surface area contributed by atoms with Crippen molar-refractivity contribution in [3.05, 3.63) is 0 Å². The molecule has 3 rings (SSSR count). The standard InChI is InChI=1S/C17H29NO2/c1-11(2)12-3-5-16(19)14(7-12)9-18-8-13-4-6-17(20)15(13)10-18/h11-15,17,20H,3-10H2,1-2H3. The minimum atomic E-state index is -0.0875. The lowest BCUT2D eigenvalue weighted by Crippen LogP contribution is -2.37. The lowest BCUT2D eigenvalue weighted by molar-refractivity contribution is -0.126. The van der Waals surface area contributed by atoms with Gasteiger partial charge in [-0.25, -0.2) is 0 Å². The molecule has 0 aromatic carbocycles. The molecule has 1 N–H and O–H groups in total. The Labute approximate surface area is 122 Å². The number of rotatable bonds is 3. The molecule has 0 amide bonds. The number of hydrogen-bond acceptors (Lipinski definition) is 3. The Morgan fingerprint density at radius 1 is 1.25 bits per heavy atom. The maximum absolute atomic E-state index is 12.2. The van der Waals surface area contributed by atoms with E-state index in [0.717, 1.165) is 51.2 Å². The van der Waals surface area contributed by atoms with Crippen molar-refractivity contribution in [2.45, 2.75) is 52.1 Å². The molecule has 1 heterocycles. The highest BCUT2D eigenvalue weighted by Gasteiger charge is 2.43. The van der Waals surface area contributed by atoms with Gasteiger partial charge in [-0.3, -0.25) is 4.79 Å². The third-order valence-corrected chi connectivity index (χ3v) is 6.12. The molecule has 1 aliphatic heterocycles. The highest BCUT2D eigenvalue weighted by molar-refractivity contribution is 5.82. The maximum Gasteiger partial charge on any atom is 0.137 e. The summed E-state index contributed by atoms with van der Waals surface area (Å²) in [5.74, 6) is 3.33. The van der Waals surface area contributed by atoms with Crippen LogP contribution in [-0.4, -0.2) is 41.5 Å². The topological polar surface area (TPSA) is 40.5 Å². The van der Waals surface area contributed by atoms with Crippen molar-refractivity contribution >= 4 is 5.78 Å². The predicted molar refractivity (Wildman–Crippen MR) is 79.3 cm³/mol. The van der Waals surface area contributed by atoms with Crippen LogP contribution in [0.25, 0.3) is 0 Å². The fourth-order valence-electron chi connectivity index (χ4n) is 4.72. The second kappa shape index (κ2) is 5.76. The summed E-state index contributed by atoms with van der Waals surface area (Å²) in [6, 6.07) is 0. The Bertz CT molecular complexity index is 368. The van der Waals surface area contributed by atoms with Crippen LogP contribution in [0.3, 0.4) is 0 Å². The fraction of sp³-hybridized carbons (Fsp3) is 0.941. The average molecular weight is 279 g/mol. The second-order valence-corrected chi connectivity index (χ2v) is 7.73.